The molecule has 6 rings (SSSR count). The fraction of sp³-hybridized carbons (Fsp3) is 0.424. The molecule has 426 valence electrons. The Bertz CT molecular complexity index is 2780. The maximum absolute atomic E-state index is 14.1. The number of rotatable bonds is 25. The zero-order valence-electron chi connectivity index (χ0n) is 45.6. The number of likely N-dealkylation sites (N-methyl/N-ethyl adjacent to an activating group) is 1. The minimum Gasteiger partial charge on any atom is -0.463 e. The number of hydrogen-bond acceptors (Lipinski definition) is 15. The molecular weight excluding hydrogens is 1080 g/mol. The number of aliphatic imine (C=N–C) groups is 2. The number of unbranched alkanes of at least 4 members (excludes halogenated alkanes) is 4. The van der Waals surface area contributed by atoms with E-state index in [0.29, 0.717) is 62.0 Å². The van der Waals surface area contributed by atoms with Crippen LogP contribution in [0.5, 0.6) is 0 Å². The first-order valence-corrected chi connectivity index (χ1v) is 28.5. The average Bonchev–Trinajstić information content (AvgIpc) is 3.43. The first-order valence-electron chi connectivity index (χ1n) is 26.6. The number of allylic oxidation sites excluding steroid dienone is 2. The van der Waals surface area contributed by atoms with E-state index >= 15 is 0 Å². The summed E-state index contributed by atoms with van der Waals surface area (Å²) < 4.78 is 95.3. The van der Waals surface area contributed by atoms with Crippen LogP contribution in [0.1, 0.15) is 112 Å². The van der Waals surface area contributed by atoms with Gasteiger partial charge in [-0.25, -0.2) is 19.6 Å². The molecule has 0 bridgehead atoms. The second-order valence-corrected chi connectivity index (χ2v) is 21.2. The van der Waals surface area contributed by atoms with E-state index in [1.54, 1.807) is 98.2 Å². The molecule has 0 spiro atoms. The molecule has 0 radical (unpaired) electrons. The molecule has 4 aromatic rings. The van der Waals surface area contributed by atoms with E-state index in [0.717, 1.165) is 95.5 Å². The van der Waals surface area contributed by atoms with Crippen LogP contribution in [0.3, 0.4) is 0 Å². The summed E-state index contributed by atoms with van der Waals surface area (Å²) in [7, 11) is 2.03. The number of benzene rings is 4. The number of carbonyl (C=O) groups excluding carboxylic acids is 2. The van der Waals surface area contributed by atoms with Crippen molar-refractivity contribution >= 4 is 57.2 Å². The smallest absolute Gasteiger partial charge is 0.416 e. The lowest BCUT2D eigenvalue weighted by molar-refractivity contribution is -0.139. The fourth-order valence-corrected chi connectivity index (χ4v) is 11.4. The molecule has 0 saturated heterocycles. The van der Waals surface area contributed by atoms with Crippen LogP contribution in [0, 0.1) is 22.7 Å². The molecule has 2 aliphatic rings. The molecule has 2 N–H and O–H groups in total. The fourth-order valence-electron chi connectivity index (χ4n) is 9.28. The summed E-state index contributed by atoms with van der Waals surface area (Å²) in [5.41, 5.74) is 7.78. The Labute approximate surface area is 473 Å². The number of ether oxygens (including phenoxy) is 2. The Morgan fingerprint density at radius 1 is 0.613 bits per heavy atom. The molecule has 0 amide bonds. The molecule has 2 atom stereocenters. The van der Waals surface area contributed by atoms with Crippen LogP contribution in [-0.4, -0.2) is 103 Å². The van der Waals surface area contributed by atoms with E-state index in [4.69, 9.17) is 25.2 Å². The Morgan fingerprint density at radius 2 is 1.02 bits per heavy atom. The highest BCUT2D eigenvalue weighted by Gasteiger charge is 2.39. The van der Waals surface area contributed by atoms with Gasteiger partial charge in [0.05, 0.1) is 58.8 Å². The van der Waals surface area contributed by atoms with Gasteiger partial charge in [0.15, 0.2) is 10.3 Å². The summed E-state index contributed by atoms with van der Waals surface area (Å²) in [6, 6.07) is 25.7. The Balaban J connectivity index is 1.13. The number of esters is 2. The molecule has 4 aromatic carbocycles. The van der Waals surface area contributed by atoms with E-state index in [1.807, 2.05) is 7.05 Å². The first kappa shape index (κ1) is 62.6. The summed E-state index contributed by atoms with van der Waals surface area (Å²) in [6.45, 7) is 11.4. The lowest BCUT2D eigenvalue weighted by Gasteiger charge is -2.35. The van der Waals surface area contributed by atoms with Crippen molar-refractivity contribution in [3.05, 3.63) is 153 Å². The van der Waals surface area contributed by atoms with Crippen LogP contribution in [0.25, 0.3) is 0 Å². The molecule has 0 saturated carbocycles. The van der Waals surface area contributed by atoms with Crippen molar-refractivity contribution in [3.8, 4) is 12.1 Å². The highest BCUT2D eigenvalue weighted by molar-refractivity contribution is 8.14. The SMILES string of the molecule is CCOC(=O)C1=C(C)N(c2cccc(C(F)(F)F)c2)C(SCCCCCN(CCCCCSC2=NC(c3ccc(C#N)cc3)C(C(=O)OCC)=C(C)N2c2cccc(C(F)(F)F)c2)CCN(C)CCN)=NC1c1ccc(C#N)cc1. The van der Waals surface area contributed by atoms with E-state index in [9.17, 15) is 46.5 Å². The van der Waals surface area contributed by atoms with Gasteiger partial charge in [0, 0.05) is 60.5 Å². The summed E-state index contributed by atoms with van der Waals surface area (Å²) in [5.74, 6) is -0.126. The van der Waals surface area contributed by atoms with Gasteiger partial charge in [0.25, 0.3) is 0 Å². The quantitative estimate of drug-likeness (QED) is 0.0379. The summed E-state index contributed by atoms with van der Waals surface area (Å²) in [6.07, 6.45) is -4.28. The maximum atomic E-state index is 14.1. The van der Waals surface area contributed by atoms with Gasteiger partial charge in [0.2, 0.25) is 0 Å². The molecular formula is C59H67F6N9O4S2. The maximum Gasteiger partial charge on any atom is 0.416 e. The first-order chi connectivity index (χ1) is 38.3. The minimum atomic E-state index is -4.61. The second-order valence-electron chi connectivity index (χ2n) is 19.1. The largest absolute Gasteiger partial charge is 0.463 e. The minimum absolute atomic E-state index is 0.0724. The van der Waals surface area contributed by atoms with Gasteiger partial charge in [-0.1, -0.05) is 72.8 Å². The monoisotopic (exact) mass is 1140 g/mol. The number of alkyl halides is 6. The van der Waals surface area contributed by atoms with Crippen molar-refractivity contribution in [2.75, 3.05) is 80.8 Å². The molecule has 2 unspecified atom stereocenters. The topological polar surface area (TPSA) is 164 Å². The summed E-state index contributed by atoms with van der Waals surface area (Å²) in [4.78, 5) is 45.1. The van der Waals surface area contributed by atoms with Crippen LogP contribution in [0.15, 0.2) is 130 Å². The summed E-state index contributed by atoms with van der Waals surface area (Å²) >= 11 is 2.79. The number of thioether (sulfide) groups is 2. The van der Waals surface area contributed by atoms with Crippen LogP contribution in [0.4, 0.5) is 37.7 Å². The molecule has 21 heteroatoms. The normalized spacial score (nSPS) is 15.9. The van der Waals surface area contributed by atoms with Gasteiger partial charge >= 0.3 is 24.3 Å². The van der Waals surface area contributed by atoms with Crippen LogP contribution in [-0.2, 0) is 31.4 Å². The van der Waals surface area contributed by atoms with E-state index in [-0.39, 0.29) is 35.7 Å². The lowest BCUT2D eigenvalue weighted by Crippen LogP contribution is -2.36. The highest BCUT2D eigenvalue weighted by atomic mass is 32.2. The zero-order chi connectivity index (χ0) is 58.0. The number of nitriles is 2. The Morgan fingerprint density at radius 3 is 1.39 bits per heavy atom. The molecule has 13 nitrogen and oxygen atoms in total. The van der Waals surface area contributed by atoms with Crippen LogP contribution >= 0.6 is 23.5 Å². The predicted molar refractivity (Wildman–Crippen MR) is 305 cm³/mol. The van der Waals surface area contributed by atoms with Crippen LogP contribution < -0.4 is 15.5 Å². The molecule has 2 heterocycles. The number of nitrogens with zero attached hydrogens (tertiary/aromatic N) is 8. The Kier molecular flexibility index (Phi) is 23.3. The molecule has 0 fully saturated rings. The van der Waals surface area contributed by atoms with Gasteiger partial charge in [0.1, 0.15) is 12.1 Å². The number of carbonyl (C=O) groups is 2. The molecule has 2 aliphatic heterocycles. The molecule has 0 aliphatic carbocycles. The summed E-state index contributed by atoms with van der Waals surface area (Å²) in [5, 5.41) is 19.8. The lowest BCUT2D eigenvalue weighted by atomic mass is 9.95. The van der Waals surface area contributed by atoms with Crippen molar-refractivity contribution in [2.24, 2.45) is 15.7 Å². The van der Waals surface area contributed by atoms with Gasteiger partial charge in [-0.15, -0.1) is 0 Å². The highest BCUT2D eigenvalue weighted by Crippen LogP contribution is 2.43. The number of hydrogen-bond donors (Lipinski definition) is 1. The molecule has 80 heavy (non-hydrogen) atoms. The third kappa shape index (κ3) is 16.7. The van der Waals surface area contributed by atoms with Crippen molar-refractivity contribution in [3.63, 3.8) is 0 Å². The van der Waals surface area contributed by atoms with Gasteiger partial charge in [-0.2, -0.15) is 36.9 Å². The van der Waals surface area contributed by atoms with Crippen LogP contribution in [0.2, 0.25) is 0 Å². The van der Waals surface area contributed by atoms with Gasteiger partial charge in [-0.3, -0.25) is 9.80 Å². The number of amidine groups is 2. The molecule has 0 aromatic heterocycles. The van der Waals surface area contributed by atoms with E-state index in [2.05, 4.69) is 21.9 Å². The van der Waals surface area contributed by atoms with Crippen molar-refractivity contribution in [1.82, 2.24) is 9.80 Å². The Hall–Kier alpha value is -6.62. The third-order valence-corrected chi connectivity index (χ3v) is 15.5. The second kappa shape index (κ2) is 29.7. The average molecular weight is 1140 g/mol. The van der Waals surface area contributed by atoms with Gasteiger partial charge < -0.3 is 25.0 Å². The van der Waals surface area contributed by atoms with Crippen molar-refractivity contribution < 1.29 is 45.4 Å². The number of halogens is 6. The van der Waals surface area contributed by atoms with Gasteiger partial charge in [-0.05, 0) is 145 Å². The standard InChI is InChI=1S/C59H67F6N9O4S2/c1-6-77-54(75)50-40(3)73(48-18-14-16-46(36-48)58(60,61)62)56(69-52(50)44-24-20-42(38-67)21-25-44)79-34-12-8-10-29-72(33-32-71(5)31-28-66)30-11-9-13-35-80-57-70-53(45-26-22-43(39-68)23-27-45)51(55(76)78-7-2)41(4)74(57)49-19-15-17-47(37-49)59(63,64)65/h14-27,36-37,52-53H,6-13,28-35,66H2,1-5H3. The van der Waals surface area contributed by atoms with Crippen molar-refractivity contribution in [2.45, 2.75) is 90.7 Å². The number of nitrogens with two attached hydrogens (primary N) is 1. The van der Waals surface area contributed by atoms with Crippen molar-refractivity contribution in [1.29, 1.82) is 10.5 Å². The number of anilines is 2. The third-order valence-electron chi connectivity index (χ3n) is 13.4. The zero-order valence-corrected chi connectivity index (χ0v) is 47.2. The predicted octanol–water partition coefficient (Wildman–Crippen LogP) is 12.7. The van der Waals surface area contributed by atoms with E-state index in [1.165, 1.54) is 35.7 Å². The van der Waals surface area contributed by atoms with E-state index < -0.39 is 47.5 Å².